The molecule has 0 radical (unpaired) electrons. The van der Waals surface area contributed by atoms with E-state index in [-0.39, 0.29) is 12.5 Å². The Morgan fingerprint density at radius 2 is 1.76 bits per heavy atom. The Morgan fingerprint density at radius 3 is 2.48 bits per heavy atom. The van der Waals surface area contributed by atoms with Gasteiger partial charge in [0.2, 0.25) is 6.79 Å². The van der Waals surface area contributed by atoms with E-state index in [1.54, 1.807) is 6.07 Å². The van der Waals surface area contributed by atoms with Gasteiger partial charge in [0.1, 0.15) is 5.75 Å². The maximum Gasteiger partial charge on any atom is 0.231 e. The molecule has 0 saturated heterocycles. The zero-order valence-corrected chi connectivity index (χ0v) is 12.4. The van der Waals surface area contributed by atoms with Crippen LogP contribution < -0.4 is 9.47 Å². The molecule has 5 heteroatoms. The molecule has 0 amide bonds. The topological polar surface area (TPSA) is 41.9 Å². The minimum atomic E-state index is 0.207. The Kier molecular flexibility index (Phi) is 3.90. The molecule has 0 atom stereocenters. The fourth-order valence-electron chi connectivity index (χ4n) is 2.35. The van der Waals surface area contributed by atoms with Gasteiger partial charge in [0.25, 0.3) is 0 Å². The van der Waals surface area contributed by atoms with Gasteiger partial charge in [-0.3, -0.25) is 4.90 Å². The summed E-state index contributed by atoms with van der Waals surface area (Å²) in [6.45, 7) is 1.59. The van der Waals surface area contributed by atoms with Gasteiger partial charge in [0.15, 0.2) is 11.5 Å². The van der Waals surface area contributed by atoms with E-state index < -0.39 is 0 Å². The number of fused-ring (bicyclic) bond motifs is 1. The number of aromatic hydroxyl groups is 1. The number of benzene rings is 2. The number of hydrogen-bond acceptors (Lipinski definition) is 4. The third-order valence-electron chi connectivity index (χ3n) is 3.38. The molecule has 1 aliphatic rings. The molecule has 1 heterocycles. The molecule has 0 bridgehead atoms. The first-order valence-corrected chi connectivity index (χ1v) is 7.04. The number of phenolic OH excluding ortho intramolecular Hbond substituents is 1. The van der Waals surface area contributed by atoms with Gasteiger partial charge in [-0.05, 0) is 30.8 Å². The van der Waals surface area contributed by atoms with Crippen LogP contribution in [0.4, 0.5) is 0 Å². The molecule has 0 spiro atoms. The van der Waals surface area contributed by atoms with Gasteiger partial charge in [-0.25, -0.2) is 0 Å². The second kappa shape index (κ2) is 5.84. The zero-order valence-electron chi connectivity index (χ0n) is 11.7. The number of halogens is 1. The summed E-state index contributed by atoms with van der Waals surface area (Å²) in [5.74, 6) is 1.50. The monoisotopic (exact) mass is 305 g/mol. The Balaban J connectivity index is 1.70. The van der Waals surface area contributed by atoms with Crippen molar-refractivity contribution in [3.8, 4) is 17.2 Å². The average molecular weight is 306 g/mol. The molecule has 0 fully saturated rings. The van der Waals surface area contributed by atoms with Crippen molar-refractivity contribution in [2.45, 2.75) is 13.1 Å². The van der Waals surface area contributed by atoms with E-state index in [2.05, 4.69) is 4.90 Å². The molecule has 110 valence electrons. The lowest BCUT2D eigenvalue weighted by molar-refractivity contribution is 0.174. The summed E-state index contributed by atoms with van der Waals surface area (Å²) in [6, 6.07) is 11.2. The highest BCUT2D eigenvalue weighted by Gasteiger charge is 2.17. The van der Waals surface area contributed by atoms with Crippen LogP contribution in [-0.4, -0.2) is 23.8 Å². The second-order valence-corrected chi connectivity index (χ2v) is 5.57. The number of rotatable bonds is 4. The molecule has 1 aliphatic heterocycles. The van der Waals surface area contributed by atoms with Crippen LogP contribution in [0.15, 0.2) is 36.4 Å². The Morgan fingerprint density at radius 1 is 1.10 bits per heavy atom. The summed E-state index contributed by atoms with van der Waals surface area (Å²) in [6.07, 6.45) is 0. The normalized spacial score (nSPS) is 12.9. The van der Waals surface area contributed by atoms with Crippen LogP contribution in [0.5, 0.6) is 17.2 Å². The van der Waals surface area contributed by atoms with Crippen LogP contribution >= 0.6 is 11.6 Å². The summed E-state index contributed by atoms with van der Waals surface area (Å²) in [5.41, 5.74) is 1.98. The standard InChI is InChI=1S/C16H16ClNO3/c1-18(8-11-2-4-13(17)5-3-11)9-12-6-15-16(7-14(12)19)21-10-20-15/h2-7,19H,8-10H2,1H3. The van der Waals surface area contributed by atoms with Crippen molar-refractivity contribution in [3.05, 3.63) is 52.5 Å². The van der Waals surface area contributed by atoms with E-state index in [1.807, 2.05) is 37.4 Å². The highest BCUT2D eigenvalue weighted by molar-refractivity contribution is 6.30. The molecule has 21 heavy (non-hydrogen) atoms. The molecule has 0 unspecified atom stereocenters. The van der Waals surface area contributed by atoms with E-state index in [9.17, 15) is 5.11 Å². The molecule has 0 saturated carbocycles. The lowest BCUT2D eigenvalue weighted by atomic mass is 10.1. The largest absolute Gasteiger partial charge is 0.507 e. The third kappa shape index (κ3) is 3.23. The number of hydrogen-bond donors (Lipinski definition) is 1. The van der Waals surface area contributed by atoms with Gasteiger partial charge in [-0.1, -0.05) is 23.7 Å². The van der Waals surface area contributed by atoms with Crippen molar-refractivity contribution >= 4 is 11.6 Å². The van der Waals surface area contributed by atoms with Crippen molar-refractivity contribution in [2.75, 3.05) is 13.8 Å². The van der Waals surface area contributed by atoms with E-state index in [1.165, 1.54) is 5.56 Å². The molecule has 2 aromatic carbocycles. The third-order valence-corrected chi connectivity index (χ3v) is 3.63. The lowest BCUT2D eigenvalue weighted by Crippen LogP contribution is -2.17. The summed E-state index contributed by atoms with van der Waals surface area (Å²) >= 11 is 5.88. The first kappa shape index (κ1) is 14.0. The second-order valence-electron chi connectivity index (χ2n) is 5.13. The van der Waals surface area contributed by atoms with Crippen LogP contribution in [0.3, 0.4) is 0 Å². The smallest absolute Gasteiger partial charge is 0.231 e. The van der Waals surface area contributed by atoms with Gasteiger partial charge in [0.05, 0.1) is 0 Å². The Hall–Kier alpha value is -1.91. The maximum absolute atomic E-state index is 10.0. The first-order chi connectivity index (χ1) is 10.1. The lowest BCUT2D eigenvalue weighted by Gasteiger charge is -2.18. The van der Waals surface area contributed by atoms with Crippen LogP contribution in [0, 0.1) is 0 Å². The van der Waals surface area contributed by atoms with E-state index >= 15 is 0 Å². The summed E-state index contributed by atoms with van der Waals surface area (Å²) in [5, 5.41) is 10.8. The molecule has 4 nitrogen and oxygen atoms in total. The number of nitrogens with zero attached hydrogens (tertiary/aromatic N) is 1. The zero-order chi connectivity index (χ0) is 14.8. The van der Waals surface area contributed by atoms with Crippen molar-refractivity contribution in [3.63, 3.8) is 0 Å². The minimum Gasteiger partial charge on any atom is -0.507 e. The van der Waals surface area contributed by atoms with E-state index in [0.717, 1.165) is 17.1 Å². The summed E-state index contributed by atoms with van der Waals surface area (Å²) < 4.78 is 10.6. The molecular formula is C16H16ClNO3. The van der Waals surface area contributed by atoms with Gasteiger partial charge in [-0.2, -0.15) is 0 Å². The number of ether oxygens (including phenoxy) is 2. The van der Waals surface area contributed by atoms with E-state index in [0.29, 0.717) is 18.0 Å². The Labute approximate surface area is 128 Å². The molecule has 3 rings (SSSR count). The minimum absolute atomic E-state index is 0.207. The Bertz CT molecular complexity index is 643. The van der Waals surface area contributed by atoms with Crippen LogP contribution in [0.2, 0.25) is 5.02 Å². The molecule has 0 aromatic heterocycles. The van der Waals surface area contributed by atoms with Crippen molar-refractivity contribution in [1.82, 2.24) is 4.90 Å². The fraction of sp³-hybridized carbons (Fsp3) is 0.250. The van der Waals surface area contributed by atoms with E-state index in [4.69, 9.17) is 21.1 Å². The van der Waals surface area contributed by atoms with Crippen LogP contribution in [0.25, 0.3) is 0 Å². The predicted molar refractivity (Wildman–Crippen MR) is 80.9 cm³/mol. The van der Waals surface area contributed by atoms with Gasteiger partial charge < -0.3 is 14.6 Å². The van der Waals surface area contributed by atoms with Gasteiger partial charge >= 0.3 is 0 Å². The van der Waals surface area contributed by atoms with Crippen molar-refractivity contribution in [1.29, 1.82) is 0 Å². The molecule has 1 N–H and O–H groups in total. The van der Waals surface area contributed by atoms with Crippen molar-refractivity contribution < 1.29 is 14.6 Å². The highest BCUT2D eigenvalue weighted by atomic mass is 35.5. The fourth-order valence-corrected chi connectivity index (χ4v) is 2.47. The van der Waals surface area contributed by atoms with Gasteiger partial charge in [0, 0.05) is 29.7 Å². The highest BCUT2D eigenvalue weighted by Crippen LogP contribution is 2.38. The summed E-state index contributed by atoms with van der Waals surface area (Å²) in [7, 11) is 2.00. The van der Waals surface area contributed by atoms with Crippen LogP contribution in [-0.2, 0) is 13.1 Å². The quantitative estimate of drug-likeness (QED) is 0.940. The van der Waals surface area contributed by atoms with Crippen LogP contribution in [0.1, 0.15) is 11.1 Å². The molecular weight excluding hydrogens is 290 g/mol. The number of phenols is 1. The van der Waals surface area contributed by atoms with Crippen molar-refractivity contribution in [2.24, 2.45) is 0 Å². The first-order valence-electron chi connectivity index (χ1n) is 6.66. The predicted octanol–water partition coefficient (Wildman–Crippen LogP) is 3.41. The molecule has 0 aliphatic carbocycles. The SMILES string of the molecule is CN(Cc1ccc(Cl)cc1)Cc1cc2c(cc1O)OCO2. The maximum atomic E-state index is 10.0. The molecule has 2 aromatic rings. The van der Waals surface area contributed by atoms with Gasteiger partial charge in [-0.15, -0.1) is 0 Å². The average Bonchev–Trinajstić information content (AvgIpc) is 2.89. The summed E-state index contributed by atoms with van der Waals surface area (Å²) in [4.78, 5) is 2.11.